The van der Waals surface area contributed by atoms with Gasteiger partial charge in [0.05, 0.1) is 6.54 Å². The van der Waals surface area contributed by atoms with Crippen LogP contribution in [0.2, 0.25) is 0 Å². The molecular formula is C19H37N3O3. The van der Waals surface area contributed by atoms with E-state index in [9.17, 15) is 14.4 Å². The lowest BCUT2D eigenvalue weighted by molar-refractivity contribution is -0.136. The summed E-state index contributed by atoms with van der Waals surface area (Å²) in [4.78, 5) is 39.4. The maximum Gasteiger partial charge on any atom is 0.241 e. The smallest absolute Gasteiger partial charge is 0.241 e. The Labute approximate surface area is 153 Å². The molecule has 0 saturated heterocycles. The molecule has 146 valence electrons. The average Bonchev–Trinajstić information content (AvgIpc) is 2.59. The van der Waals surface area contributed by atoms with Crippen LogP contribution in [0, 0.1) is 11.8 Å². The van der Waals surface area contributed by atoms with Crippen LogP contribution in [0.1, 0.15) is 59.8 Å². The summed E-state index contributed by atoms with van der Waals surface area (Å²) in [5, 5.41) is 2.66. The molecule has 0 aromatic rings. The van der Waals surface area contributed by atoms with Crippen LogP contribution in [-0.4, -0.2) is 61.3 Å². The SMILES string of the molecule is CCCC(CC)C(=O)N(C)CCN(C)C(=O)CNC(=O)CCC(C)C. The number of hydrogen-bond acceptors (Lipinski definition) is 3. The highest BCUT2D eigenvalue weighted by atomic mass is 16.2. The minimum absolute atomic E-state index is 0.0124. The van der Waals surface area contributed by atoms with E-state index in [1.807, 2.05) is 6.92 Å². The fourth-order valence-corrected chi connectivity index (χ4v) is 2.51. The zero-order valence-electron chi connectivity index (χ0n) is 16.9. The van der Waals surface area contributed by atoms with Crippen molar-refractivity contribution in [2.24, 2.45) is 11.8 Å². The Morgan fingerprint density at radius 1 is 0.960 bits per heavy atom. The molecule has 0 aliphatic heterocycles. The van der Waals surface area contributed by atoms with Crippen LogP contribution in [-0.2, 0) is 14.4 Å². The standard InChI is InChI=1S/C19H37N3O3/c1-7-9-16(8-2)19(25)22(6)13-12-21(5)18(24)14-20-17(23)11-10-15(3)4/h15-16H,7-14H2,1-6H3,(H,20,23). The van der Waals surface area contributed by atoms with Crippen LogP contribution in [0.15, 0.2) is 0 Å². The molecule has 1 atom stereocenters. The van der Waals surface area contributed by atoms with E-state index < -0.39 is 0 Å². The van der Waals surface area contributed by atoms with E-state index in [2.05, 4.69) is 26.1 Å². The number of likely N-dealkylation sites (N-methyl/N-ethyl adjacent to an activating group) is 2. The predicted octanol–water partition coefficient (Wildman–Crippen LogP) is 2.28. The number of amides is 3. The summed E-state index contributed by atoms with van der Waals surface area (Å²) in [6.45, 7) is 9.22. The third-order valence-corrected chi connectivity index (χ3v) is 4.44. The number of carbonyl (C=O) groups is 3. The number of rotatable bonds is 12. The van der Waals surface area contributed by atoms with Crippen molar-refractivity contribution in [1.82, 2.24) is 15.1 Å². The van der Waals surface area contributed by atoms with Crippen LogP contribution >= 0.6 is 0 Å². The summed E-state index contributed by atoms with van der Waals surface area (Å²) < 4.78 is 0. The molecule has 0 bridgehead atoms. The number of nitrogens with one attached hydrogen (secondary N) is 1. The number of hydrogen-bond donors (Lipinski definition) is 1. The van der Waals surface area contributed by atoms with Gasteiger partial charge in [-0.1, -0.05) is 34.1 Å². The van der Waals surface area contributed by atoms with E-state index in [4.69, 9.17) is 0 Å². The van der Waals surface area contributed by atoms with Gasteiger partial charge < -0.3 is 15.1 Å². The second kappa shape index (κ2) is 12.7. The van der Waals surface area contributed by atoms with Crippen molar-refractivity contribution < 1.29 is 14.4 Å². The third kappa shape index (κ3) is 10.1. The first kappa shape index (κ1) is 23.4. The van der Waals surface area contributed by atoms with Crippen molar-refractivity contribution in [3.63, 3.8) is 0 Å². The lowest BCUT2D eigenvalue weighted by Crippen LogP contribution is -2.43. The molecule has 1 unspecified atom stereocenters. The van der Waals surface area contributed by atoms with Crippen molar-refractivity contribution in [3.8, 4) is 0 Å². The van der Waals surface area contributed by atoms with Gasteiger partial charge >= 0.3 is 0 Å². The third-order valence-electron chi connectivity index (χ3n) is 4.44. The predicted molar refractivity (Wildman–Crippen MR) is 101 cm³/mol. The molecule has 1 N–H and O–H groups in total. The van der Waals surface area contributed by atoms with Crippen LogP contribution < -0.4 is 5.32 Å². The molecule has 0 heterocycles. The molecular weight excluding hydrogens is 318 g/mol. The number of carbonyl (C=O) groups excluding carboxylic acids is 3. The van der Waals surface area contributed by atoms with E-state index in [1.54, 1.807) is 23.9 Å². The van der Waals surface area contributed by atoms with E-state index in [0.717, 1.165) is 25.7 Å². The summed E-state index contributed by atoms with van der Waals surface area (Å²) in [7, 11) is 3.48. The largest absolute Gasteiger partial charge is 0.347 e. The Kier molecular flexibility index (Phi) is 11.9. The molecule has 0 saturated carbocycles. The average molecular weight is 356 g/mol. The Hall–Kier alpha value is -1.59. The second-order valence-corrected chi connectivity index (χ2v) is 7.18. The first-order valence-corrected chi connectivity index (χ1v) is 9.48. The van der Waals surface area contributed by atoms with Gasteiger partial charge in [-0.3, -0.25) is 14.4 Å². The van der Waals surface area contributed by atoms with Crippen molar-refractivity contribution in [1.29, 1.82) is 0 Å². The van der Waals surface area contributed by atoms with E-state index in [0.29, 0.717) is 25.4 Å². The zero-order chi connectivity index (χ0) is 19.4. The van der Waals surface area contributed by atoms with Gasteiger partial charge in [0.2, 0.25) is 17.7 Å². The van der Waals surface area contributed by atoms with E-state index in [1.165, 1.54) is 0 Å². The monoisotopic (exact) mass is 355 g/mol. The van der Waals surface area contributed by atoms with Gasteiger partial charge in [0.25, 0.3) is 0 Å². The summed E-state index contributed by atoms with van der Waals surface area (Å²) in [5.74, 6) is 0.452. The van der Waals surface area contributed by atoms with Gasteiger partial charge in [-0.2, -0.15) is 0 Å². The molecule has 0 aliphatic carbocycles. The van der Waals surface area contributed by atoms with E-state index >= 15 is 0 Å². The molecule has 6 nitrogen and oxygen atoms in total. The highest BCUT2D eigenvalue weighted by molar-refractivity contribution is 5.84. The molecule has 0 aliphatic rings. The summed E-state index contributed by atoms with van der Waals surface area (Å²) in [6, 6.07) is 0. The minimum Gasteiger partial charge on any atom is -0.347 e. The molecule has 6 heteroatoms. The highest BCUT2D eigenvalue weighted by Gasteiger charge is 2.20. The highest BCUT2D eigenvalue weighted by Crippen LogP contribution is 2.13. The molecule has 0 fully saturated rings. The maximum atomic E-state index is 12.4. The van der Waals surface area contributed by atoms with Crippen molar-refractivity contribution in [2.45, 2.75) is 59.8 Å². The topological polar surface area (TPSA) is 69.7 Å². The molecule has 25 heavy (non-hydrogen) atoms. The van der Waals surface area contributed by atoms with Gasteiger partial charge in [0, 0.05) is 39.5 Å². The Morgan fingerprint density at radius 3 is 2.08 bits per heavy atom. The summed E-state index contributed by atoms with van der Waals surface area (Å²) in [6.07, 6.45) is 4.00. The Morgan fingerprint density at radius 2 is 1.56 bits per heavy atom. The van der Waals surface area contributed by atoms with Gasteiger partial charge in [-0.05, 0) is 25.2 Å². The summed E-state index contributed by atoms with van der Waals surface area (Å²) >= 11 is 0. The van der Waals surface area contributed by atoms with Gasteiger partial charge in [-0.25, -0.2) is 0 Å². The molecule has 0 radical (unpaired) electrons. The maximum absolute atomic E-state index is 12.4. The van der Waals surface area contributed by atoms with E-state index in [-0.39, 0.29) is 30.2 Å². The first-order chi connectivity index (χ1) is 11.7. The van der Waals surface area contributed by atoms with Crippen LogP contribution in [0.3, 0.4) is 0 Å². The van der Waals surface area contributed by atoms with Crippen molar-refractivity contribution >= 4 is 17.7 Å². The molecule has 0 rings (SSSR count). The van der Waals surface area contributed by atoms with Crippen LogP contribution in [0.25, 0.3) is 0 Å². The lowest BCUT2D eigenvalue weighted by atomic mass is 9.99. The Balaban J connectivity index is 4.18. The fourth-order valence-electron chi connectivity index (χ4n) is 2.51. The fraction of sp³-hybridized carbons (Fsp3) is 0.842. The molecule has 0 aromatic heterocycles. The van der Waals surface area contributed by atoms with Gasteiger partial charge in [0.15, 0.2) is 0 Å². The molecule has 0 spiro atoms. The summed E-state index contributed by atoms with van der Waals surface area (Å²) in [5.41, 5.74) is 0. The molecule has 0 aromatic carbocycles. The minimum atomic E-state index is -0.139. The zero-order valence-corrected chi connectivity index (χ0v) is 16.9. The normalized spacial score (nSPS) is 12.0. The quantitative estimate of drug-likeness (QED) is 0.584. The lowest BCUT2D eigenvalue weighted by Gasteiger charge is -2.25. The van der Waals surface area contributed by atoms with Crippen molar-refractivity contribution in [2.75, 3.05) is 33.7 Å². The van der Waals surface area contributed by atoms with Crippen LogP contribution in [0.4, 0.5) is 0 Å². The first-order valence-electron chi connectivity index (χ1n) is 9.48. The van der Waals surface area contributed by atoms with Gasteiger partial charge in [-0.15, -0.1) is 0 Å². The molecule has 3 amide bonds. The van der Waals surface area contributed by atoms with Gasteiger partial charge in [0.1, 0.15) is 0 Å². The number of nitrogens with zero attached hydrogens (tertiary/aromatic N) is 2. The second-order valence-electron chi connectivity index (χ2n) is 7.18. The Bertz CT molecular complexity index is 424. The van der Waals surface area contributed by atoms with Crippen LogP contribution in [0.5, 0.6) is 0 Å². The van der Waals surface area contributed by atoms with Crippen molar-refractivity contribution in [3.05, 3.63) is 0 Å².